The number of nitrogens with zero attached hydrogens (tertiary/aromatic N) is 2. The van der Waals surface area contributed by atoms with E-state index in [1.165, 1.54) is 22.5 Å². The fourth-order valence-electron chi connectivity index (χ4n) is 3.21. The summed E-state index contributed by atoms with van der Waals surface area (Å²) in [5.41, 5.74) is 5.20. The molecule has 0 saturated carbocycles. The first-order chi connectivity index (χ1) is 12.0. The van der Waals surface area contributed by atoms with Crippen LogP contribution in [0.3, 0.4) is 0 Å². The van der Waals surface area contributed by atoms with Crippen molar-refractivity contribution in [1.29, 1.82) is 0 Å². The fourth-order valence-corrected chi connectivity index (χ4v) is 3.21. The van der Waals surface area contributed by atoms with E-state index in [4.69, 9.17) is 0 Å². The van der Waals surface area contributed by atoms with Gasteiger partial charge >= 0.3 is 0 Å². The van der Waals surface area contributed by atoms with Gasteiger partial charge in [-0.15, -0.1) is 0 Å². The van der Waals surface area contributed by atoms with Crippen LogP contribution in [0.1, 0.15) is 38.8 Å². The van der Waals surface area contributed by atoms with E-state index in [9.17, 15) is 0 Å². The lowest BCUT2D eigenvalue weighted by Crippen LogP contribution is -2.27. The van der Waals surface area contributed by atoms with Gasteiger partial charge in [0, 0.05) is 0 Å². The minimum absolute atomic E-state index is 0.693. The number of hydrogen-bond donors (Lipinski definition) is 0. The Hall–Kier alpha value is -2.35. The van der Waals surface area contributed by atoms with Gasteiger partial charge in [0.25, 0.3) is 6.33 Å². The summed E-state index contributed by atoms with van der Waals surface area (Å²) in [4.78, 5) is 0. The summed E-state index contributed by atoms with van der Waals surface area (Å²) < 4.78 is 4.34. The van der Waals surface area contributed by atoms with E-state index >= 15 is 0 Å². The lowest BCUT2D eigenvalue weighted by molar-refractivity contribution is -0.594. The van der Waals surface area contributed by atoms with Crippen LogP contribution in [-0.2, 0) is 12.8 Å². The van der Waals surface area contributed by atoms with Gasteiger partial charge in [-0.25, -0.2) is 9.13 Å². The van der Waals surface area contributed by atoms with Crippen LogP contribution in [0.5, 0.6) is 0 Å². The monoisotopic (exact) mass is 333 g/mol. The highest BCUT2D eigenvalue weighted by Gasteiger charge is 2.09. The molecule has 0 atom stereocenters. The van der Waals surface area contributed by atoms with Crippen molar-refractivity contribution in [1.82, 2.24) is 4.57 Å². The summed E-state index contributed by atoms with van der Waals surface area (Å²) in [7, 11) is 0. The summed E-state index contributed by atoms with van der Waals surface area (Å²) in [5.74, 6) is 1.39. The summed E-state index contributed by atoms with van der Waals surface area (Å²) in [5, 5.41) is 0. The molecule has 0 aliphatic carbocycles. The van der Waals surface area contributed by atoms with Crippen LogP contribution >= 0.6 is 0 Å². The van der Waals surface area contributed by atoms with Crippen LogP contribution in [0.2, 0.25) is 0 Å². The Morgan fingerprint density at radius 3 is 1.80 bits per heavy atom. The Bertz CT molecular complexity index is 725. The van der Waals surface area contributed by atoms with Gasteiger partial charge in [0.15, 0.2) is 0 Å². The van der Waals surface area contributed by atoms with Crippen molar-refractivity contribution >= 4 is 0 Å². The Morgan fingerprint density at radius 1 is 0.760 bits per heavy atom. The second-order valence-electron chi connectivity index (χ2n) is 7.76. The topological polar surface area (TPSA) is 8.81 Å². The summed E-state index contributed by atoms with van der Waals surface area (Å²) in [6, 6.07) is 17.8. The van der Waals surface area contributed by atoms with Gasteiger partial charge < -0.3 is 0 Å². The molecular formula is C23H29N2+. The predicted octanol–water partition coefficient (Wildman–Crippen LogP) is 5.15. The van der Waals surface area contributed by atoms with Gasteiger partial charge in [-0.3, -0.25) is 0 Å². The molecule has 0 fully saturated rings. The first-order valence-electron chi connectivity index (χ1n) is 9.29. The highest BCUT2D eigenvalue weighted by molar-refractivity contribution is 5.35. The molecule has 0 radical (unpaired) electrons. The zero-order chi connectivity index (χ0) is 17.8. The molecule has 25 heavy (non-hydrogen) atoms. The van der Waals surface area contributed by atoms with Gasteiger partial charge in [-0.2, -0.15) is 0 Å². The Balaban J connectivity index is 1.75. The van der Waals surface area contributed by atoms with E-state index in [1.54, 1.807) is 0 Å². The quantitative estimate of drug-likeness (QED) is 0.552. The van der Waals surface area contributed by atoms with Gasteiger partial charge in [0.1, 0.15) is 23.8 Å². The van der Waals surface area contributed by atoms with Crippen LogP contribution in [0.25, 0.3) is 11.4 Å². The van der Waals surface area contributed by atoms with Crippen LogP contribution in [-0.4, -0.2) is 4.57 Å². The Kier molecular flexibility index (Phi) is 5.37. The van der Waals surface area contributed by atoms with E-state index < -0.39 is 0 Å². The summed E-state index contributed by atoms with van der Waals surface area (Å²) in [6.45, 7) is 9.04. The van der Waals surface area contributed by atoms with Gasteiger partial charge in [0.05, 0.1) is 0 Å². The lowest BCUT2D eigenvalue weighted by atomic mass is 10.0. The highest BCUT2D eigenvalue weighted by Crippen LogP contribution is 2.13. The molecule has 3 rings (SSSR count). The molecule has 0 aliphatic heterocycles. The first kappa shape index (κ1) is 17.5. The third kappa shape index (κ3) is 4.60. The van der Waals surface area contributed by atoms with Crippen molar-refractivity contribution in [3.8, 4) is 11.4 Å². The molecule has 1 heterocycles. The Labute approximate surface area is 151 Å². The third-order valence-corrected chi connectivity index (χ3v) is 4.39. The van der Waals surface area contributed by atoms with Gasteiger partial charge in [-0.1, -0.05) is 52.0 Å². The molecule has 0 spiro atoms. The normalized spacial score (nSPS) is 11.4. The van der Waals surface area contributed by atoms with Crippen molar-refractivity contribution in [3.05, 3.63) is 78.4 Å². The number of imidazole rings is 1. The molecule has 3 aromatic rings. The van der Waals surface area contributed by atoms with Crippen molar-refractivity contribution in [2.45, 2.75) is 40.5 Å². The molecule has 1 aromatic heterocycles. The molecule has 2 nitrogen and oxygen atoms in total. The second-order valence-corrected chi connectivity index (χ2v) is 7.76. The van der Waals surface area contributed by atoms with E-state index in [0.717, 1.165) is 12.8 Å². The molecule has 2 aromatic carbocycles. The largest absolute Gasteiger partial charge is 0.254 e. The number of hydrogen-bond acceptors (Lipinski definition) is 0. The molecular weight excluding hydrogens is 304 g/mol. The summed E-state index contributed by atoms with van der Waals surface area (Å²) >= 11 is 0. The van der Waals surface area contributed by atoms with Crippen molar-refractivity contribution in [2.75, 3.05) is 0 Å². The first-order valence-corrected chi connectivity index (χ1v) is 9.29. The molecule has 0 aliphatic rings. The summed E-state index contributed by atoms with van der Waals surface area (Å²) in [6.07, 6.45) is 8.62. The van der Waals surface area contributed by atoms with Crippen LogP contribution in [0.15, 0.2) is 67.3 Å². The van der Waals surface area contributed by atoms with E-state index in [2.05, 4.69) is 104 Å². The second kappa shape index (κ2) is 7.69. The fraction of sp³-hybridized carbons (Fsp3) is 0.348. The van der Waals surface area contributed by atoms with Crippen molar-refractivity contribution in [2.24, 2.45) is 11.8 Å². The van der Waals surface area contributed by atoms with Crippen LogP contribution in [0, 0.1) is 11.8 Å². The zero-order valence-electron chi connectivity index (χ0n) is 15.8. The van der Waals surface area contributed by atoms with Crippen LogP contribution < -0.4 is 4.57 Å². The maximum Gasteiger partial charge on any atom is 0.254 e. The molecule has 0 N–H and O–H groups in total. The van der Waals surface area contributed by atoms with E-state index in [1.807, 2.05) is 0 Å². The molecule has 0 amide bonds. The SMILES string of the molecule is CC(C)Cc1ccc(-n2cc[n+](-c3ccc(CC(C)C)cc3)c2)cc1. The molecule has 0 saturated heterocycles. The molecule has 2 heteroatoms. The van der Waals surface area contributed by atoms with Crippen molar-refractivity contribution in [3.63, 3.8) is 0 Å². The average Bonchev–Trinajstić information content (AvgIpc) is 3.05. The minimum atomic E-state index is 0.693. The predicted molar refractivity (Wildman–Crippen MR) is 104 cm³/mol. The number of aromatic nitrogens is 2. The smallest absolute Gasteiger partial charge is 0.202 e. The highest BCUT2D eigenvalue weighted by atomic mass is 15.1. The minimum Gasteiger partial charge on any atom is -0.202 e. The van der Waals surface area contributed by atoms with E-state index in [-0.39, 0.29) is 0 Å². The maximum absolute atomic E-state index is 2.26. The maximum atomic E-state index is 2.26. The zero-order valence-corrected chi connectivity index (χ0v) is 15.8. The Morgan fingerprint density at radius 2 is 1.28 bits per heavy atom. The van der Waals surface area contributed by atoms with Crippen LogP contribution in [0.4, 0.5) is 0 Å². The molecule has 130 valence electrons. The molecule has 0 bridgehead atoms. The average molecular weight is 333 g/mol. The standard InChI is InChI=1S/C23H29N2/c1-18(2)15-20-5-9-22(10-6-20)24-13-14-25(17-24)23-11-7-21(8-12-23)16-19(3)4/h5-14,17-19H,15-16H2,1-4H3/q+1. The van der Waals surface area contributed by atoms with Gasteiger partial charge in [0.2, 0.25) is 0 Å². The van der Waals surface area contributed by atoms with Gasteiger partial charge in [-0.05, 0) is 60.1 Å². The van der Waals surface area contributed by atoms with Crippen molar-refractivity contribution < 1.29 is 4.57 Å². The number of benzene rings is 2. The number of rotatable bonds is 6. The third-order valence-electron chi connectivity index (χ3n) is 4.39. The van der Waals surface area contributed by atoms with E-state index in [0.29, 0.717) is 11.8 Å². The molecule has 0 unspecified atom stereocenters. The lowest BCUT2D eigenvalue weighted by Gasteiger charge is -2.05.